The Kier molecular flexibility index (Phi) is 7.89. The van der Waals surface area contributed by atoms with Crippen molar-refractivity contribution in [2.45, 2.75) is 45.6 Å². The van der Waals surface area contributed by atoms with Crippen LogP contribution in [0.15, 0.2) is 36.4 Å². The van der Waals surface area contributed by atoms with Gasteiger partial charge < -0.3 is 9.84 Å². The zero-order valence-electron chi connectivity index (χ0n) is 18.1. The largest absolute Gasteiger partial charge is 0.511 e. The van der Waals surface area contributed by atoms with Crippen molar-refractivity contribution in [2.75, 3.05) is 16.9 Å². The highest BCUT2D eigenvalue weighted by Crippen LogP contribution is 2.45. The molecule has 1 N–H and O–H groups in total. The van der Waals surface area contributed by atoms with Crippen molar-refractivity contribution in [2.24, 2.45) is 11.8 Å². The highest BCUT2D eigenvalue weighted by molar-refractivity contribution is 7.84. The lowest BCUT2D eigenvalue weighted by Gasteiger charge is -2.34. The van der Waals surface area contributed by atoms with E-state index >= 15 is 0 Å². The Morgan fingerprint density at radius 2 is 1.87 bits per heavy atom. The standard InChI is InChI=1S/C23H29NO5S2/c1-15-9-11-18(12-10-15)21(25)24(16(2)14-31(3)28)22-19(29-23(26)27)13-20(30-22)17-7-5-4-6-8-17/h4-8,13,15-16,18H,9-12,14H2,1-3H3,(H,26,27). The predicted octanol–water partition coefficient (Wildman–Crippen LogP) is 5.40. The van der Waals surface area contributed by atoms with E-state index in [9.17, 15) is 18.9 Å². The number of carbonyl (C=O) groups is 2. The second-order valence-electron chi connectivity index (χ2n) is 8.27. The van der Waals surface area contributed by atoms with E-state index in [0.717, 1.165) is 36.1 Å². The van der Waals surface area contributed by atoms with E-state index in [1.807, 2.05) is 37.3 Å². The normalized spacial score (nSPS) is 20.6. The van der Waals surface area contributed by atoms with Crippen molar-refractivity contribution in [3.05, 3.63) is 36.4 Å². The highest BCUT2D eigenvalue weighted by atomic mass is 32.2. The van der Waals surface area contributed by atoms with Crippen molar-refractivity contribution < 1.29 is 23.6 Å². The number of rotatable bonds is 7. The van der Waals surface area contributed by atoms with Gasteiger partial charge >= 0.3 is 6.16 Å². The molecular weight excluding hydrogens is 434 g/mol. The topological polar surface area (TPSA) is 83.9 Å². The fourth-order valence-corrected chi connectivity index (χ4v) is 6.11. The number of carbonyl (C=O) groups excluding carboxylic acids is 1. The first-order chi connectivity index (χ1) is 14.8. The summed E-state index contributed by atoms with van der Waals surface area (Å²) in [4.78, 5) is 27.5. The van der Waals surface area contributed by atoms with Crippen LogP contribution < -0.4 is 9.64 Å². The molecule has 1 aromatic carbocycles. The summed E-state index contributed by atoms with van der Waals surface area (Å²) in [6.07, 6.45) is 3.80. The lowest BCUT2D eigenvalue weighted by atomic mass is 9.82. The van der Waals surface area contributed by atoms with Crippen LogP contribution in [-0.4, -0.2) is 39.4 Å². The van der Waals surface area contributed by atoms with Crippen molar-refractivity contribution >= 4 is 39.2 Å². The molecule has 2 unspecified atom stereocenters. The third-order valence-electron chi connectivity index (χ3n) is 5.67. The molecule has 31 heavy (non-hydrogen) atoms. The van der Waals surface area contributed by atoms with Crippen LogP contribution in [0, 0.1) is 11.8 Å². The van der Waals surface area contributed by atoms with Crippen LogP contribution in [0.2, 0.25) is 0 Å². The maximum Gasteiger partial charge on any atom is 0.511 e. The van der Waals surface area contributed by atoms with Crippen molar-refractivity contribution in [1.82, 2.24) is 0 Å². The Morgan fingerprint density at radius 3 is 2.45 bits per heavy atom. The Hall–Kier alpha value is -2.19. The molecule has 0 bridgehead atoms. The van der Waals surface area contributed by atoms with Gasteiger partial charge in [-0.25, -0.2) is 4.79 Å². The van der Waals surface area contributed by atoms with Gasteiger partial charge in [0.1, 0.15) is 5.00 Å². The van der Waals surface area contributed by atoms with Gasteiger partial charge in [0.15, 0.2) is 5.75 Å². The molecule has 1 heterocycles. The van der Waals surface area contributed by atoms with Crippen LogP contribution in [0.1, 0.15) is 39.5 Å². The molecule has 1 saturated carbocycles. The van der Waals surface area contributed by atoms with Crippen LogP contribution in [0.4, 0.5) is 9.80 Å². The predicted molar refractivity (Wildman–Crippen MR) is 125 cm³/mol. The number of carboxylic acid groups (broad SMARTS) is 1. The summed E-state index contributed by atoms with van der Waals surface area (Å²) in [6, 6.07) is 10.9. The minimum Gasteiger partial charge on any atom is -0.449 e. The molecule has 2 aromatic rings. The van der Waals surface area contributed by atoms with Crippen molar-refractivity contribution in [1.29, 1.82) is 0 Å². The molecule has 1 aliphatic rings. The van der Waals surface area contributed by atoms with Crippen LogP contribution in [0.3, 0.4) is 0 Å². The third-order valence-corrected chi connectivity index (χ3v) is 7.79. The van der Waals surface area contributed by atoms with Gasteiger partial charge in [-0.1, -0.05) is 37.3 Å². The molecule has 1 amide bonds. The maximum absolute atomic E-state index is 13.6. The van der Waals surface area contributed by atoms with Gasteiger partial charge in [0, 0.05) is 45.7 Å². The number of hydrogen-bond donors (Lipinski definition) is 1. The van der Waals surface area contributed by atoms with Crippen LogP contribution in [0.25, 0.3) is 10.4 Å². The smallest absolute Gasteiger partial charge is 0.449 e. The molecule has 0 radical (unpaired) electrons. The van der Waals surface area contributed by atoms with E-state index < -0.39 is 17.0 Å². The zero-order valence-corrected chi connectivity index (χ0v) is 19.7. The van der Waals surface area contributed by atoms with Gasteiger partial charge in [0.25, 0.3) is 0 Å². The number of anilines is 1. The van der Waals surface area contributed by atoms with E-state index in [0.29, 0.717) is 16.7 Å². The Morgan fingerprint density at radius 1 is 1.23 bits per heavy atom. The number of nitrogens with zero attached hydrogens (tertiary/aromatic N) is 1. The second kappa shape index (κ2) is 10.4. The molecule has 2 atom stereocenters. The number of ether oxygens (including phenoxy) is 1. The third kappa shape index (κ3) is 5.95. The molecule has 1 fully saturated rings. The Balaban J connectivity index is 2.04. The van der Waals surface area contributed by atoms with E-state index in [4.69, 9.17) is 4.74 Å². The second-order valence-corrected chi connectivity index (χ2v) is 10.8. The molecule has 0 spiro atoms. The maximum atomic E-state index is 13.6. The molecule has 6 nitrogen and oxygen atoms in total. The summed E-state index contributed by atoms with van der Waals surface area (Å²) in [6.45, 7) is 4.06. The van der Waals surface area contributed by atoms with Gasteiger partial charge in [-0.15, -0.1) is 11.3 Å². The van der Waals surface area contributed by atoms with Crippen molar-refractivity contribution in [3.63, 3.8) is 0 Å². The van der Waals surface area contributed by atoms with Gasteiger partial charge in [0.2, 0.25) is 5.91 Å². The summed E-state index contributed by atoms with van der Waals surface area (Å²) in [5.74, 6) is 0.892. The van der Waals surface area contributed by atoms with Gasteiger partial charge in [0.05, 0.1) is 0 Å². The lowest BCUT2D eigenvalue weighted by Crippen LogP contribution is -2.45. The van der Waals surface area contributed by atoms with E-state index in [2.05, 4.69) is 6.92 Å². The van der Waals surface area contributed by atoms with E-state index in [-0.39, 0.29) is 23.6 Å². The number of benzene rings is 1. The van der Waals surface area contributed by atoms with Gasteiger partial charge in [-0.05, 0) is 44.1 Å². The van der Waals surface area contributed by atoms with Crippen LogP contribution >= 0.6 is 11.3 Å². The van der Waals surface area contributed by atoms with Crippen LogP contribution in [-0.2, 0) is 15.6 Å². The molecule has 0 aliphatic heterocycles. The Bertz CT molecular complexity index is 935. The van der Waals surface area contributed by atoms with Crippen molar-refractivity contribution in [3.8, 4) is 16.2 Å². The molecule has 8 heteroatoms. The van der Waals surface area contributed by atoms with E-state index in [1.165, 1.54) is 11.3 Å². The average molecular weight is 464 g/mol. The quantitative estimate of drug-likeness (QED) is 0.556. The monoisotopic (exact) mass is 463 g/mol. The van der Waals surface area contributed by atoms with Crippen LogP contribution in [0.5, 0.6) is 5.75 Å². The molecule has 1 aromatic heterocycles. The highest BCUT2D eigenvalue weighted by Gasteiger charge is 2.35. The first kappa shape index (κ1) is 23.5. The summed E-state index contributed by atoms with van der Waals surface area (Å²) < 4.78 is 17.1. The minimum atomic E-state index is -1.43. The average Bonchev–Trinajstić information content (AvgIpc) is 3.11. The van der Waals surface area contributed by atoms with E-state index in [1.54, 1.807) is 17.2 Å². The minimum absolute atomic E-state index is 0.0402. The zero-order chi connectivity index (χ0) is 22.5. The molecular formula is C23H29NO5S2. The first-order valence-corrected chi connectivity index (χ1v) is 13.0. The van der Waals surface area contributed by atoms with Gasteiger partial charge in [-0.2, -0.15) is 0 Å². The number of thiophene rings is 1. The van der Waals surface area contributed by atoms with Gasteiger partial charge in [-0.3, -0.25) is 13.9 Å². The number of hydrogen-bond acceptors (Lipinski definition) is 5. The summed E-state index contributed by atoms with van der Waals surface area (Å²) in [5.41, 5.74) is 0.916. The first-order valence-electron chi connectivity index (χ1n) is 10.5. The SMILES string of the molecule is CC1CCC(C(=O)N(c2sc(-c3ccccc3)cc2OC(=O)O)C(C)CS(C)=O)CC1. The molecule has 0 saturated heterocycles. The summed E-state index contributed by atoms with van der Waals surface area (Å²) in [7, 11) is -1.11. The number of amides is 1. The summed E-state index contributed by atoms with van der Waals surface area (Å²) >= 11 is 1.33. The summed E-state index contributed by atoms with van der Waals surface area (Å²) in [5, 5.41) is 9.74. The Labute approximate surface area is 189 Å². The lowest BCUT2D eigenvalue weighted by molar-refractivity contribution is -0.123. The molecule has 1 aliphatic carbocycles. The fraction of sp³-hybridized carbons (Fsp3) is 0.478. The molecule has 168 valence electrons. The fourth-order valence-electron chi connectivity index (χ4n) is 4.08. The molecule has 3 rings (SSSR count).